The predicted octanol–water partition coefficient (Wildman–Crippen LogP) is 1.96. The van der Waals surface area contributed by atoms with Crippen molar-refractivity contribution in [3.8, 4) is 0 Å². The number of rotatable bonds is 3. The molecule has 0 bridgehead atoms. The molecule has 1 amide bonds. The van der Waals surface area contributed by atoms with Gasteiger partial charge in [0.05, 0.1) is 4.47 Å². The second-order valence-corrected chi connectivity index (χ2v) is 6.81. The van der Waals surface area contributed by atoms with Crippen LogP contribution < -0.4 is 5.32 Å². The van der Waals surface area contributed by atoms with Gasteiger partial charge in [-0.1, -0.05) is 0 Å². The Morgan fingerprint density at radius 3 is 2.53 bits per heavy atom. The number of carbonyl (C=O) groups is 1. The summed E-state index contributed by atoms with van der Waals surface area (Å²) in [5.74, 6) is -1.11. The van der Waals surface area contributed by atoms with Crippen LogP contribution >= 0.6 is 15.9 Å². The molecule has 1 N–H and O–H groups in total. The van der Waals surface area contributed by atoms with Crippen LogP contribution in [0.25, 0.3) is 0 Å². The predicted molar refractivity (Wildman–Crippen MR) is 67.0 cm³/mol. The molecule has 1 rings (SSSR count). The van der Waals surface area contributed by atoms with Crippen molar-refractivity contribution in [2.75, 3.05) is 11.6 Å². The molecule has 0 radical (unpaired) electrons. The van der Waals surface area contributed by atoms with Gasteiger partial charge in [0.15, 0.2) is 9.84 Å². The molecule has 0 heterocycles. The SMILES string of the molecule is CC(C(=O)Nc1ccc(F)c(Br)c1)S(C)(=O)=O. The highest BCUT2D eigenvalue weighted by molar-refractivity contribution is 9.10. The molecular weight excluding hydrogens is 313 g/mol. The smallest absolute Gasteiger partial charge is 0.242 e. The first-order valence-corrected chi connectivity index (χ1v) is 7.41. The van der Waals surface area contributed by atoms with Crippen LogP contribution in [-0.4, -0.2) is 25.8 Å². The van der Waals surface area contributed by atoms with E-state index in [4.69, 9.17) is 0 Å². The fraction of sp³-hybridized carbons (Fsp3) is 0.300. The van der Waals surface area contributed by atoms with E-state index in [1.165, 1.54) is 25.1 Å². The van der Waals surface area contributed by atoms with Gasteiger partial charge in [-0.05, 0) is 41.1 Å². The van der Waals surface area contributed by atoms with E-state index in [2.05, 4.69) is 21.2 Å². The molecule has 0 aliphatic carbocycles. The second kappa shape index (κ2) is 5.14. The van der Waals surface area contributed by atoms with Gasteiger partial charge in [-0.15, -0.1) is 0 Å². The van der Waals surface area contributed by atoms with Gasteiger partial charge in [-0.2, -0.15) is 0 Å². The molecule has 4 nitrogen and oxygen atoms in total. The minimum Gasteiger partial charge on any atom is -0.325 e. The maximum atomic E-state index is 12.9. The Morgan fingerprint density at radius 2 is 2.06 bits per heavy atom. The van der Waals surface area contributed by atoms with Crippen molar-refractivity contribution >= 4 is 37.4 Å². The number of sulfone groups is 1. The summed E-state index contributed by atoms with van der Waals surface area (Å²) >= 11 is 2.97. The fourth-order valence-electron chi connectivity index (χ4n) is 1.01. The quantitative estimate of drug-likeness (QED) is 0.924. The van der Waals surface area contributed by atoms with Crippen LogP contribution in [0.5, 0.6) is 0 Å². The zero-order chi connectivity index (χ0) is 13.2. The Kier molecular flexibility index (Phi) is 4.26. The standard InChI is InChI=1S/C10H11BrFNO3S/c1-6(17(2,15)16)10(14)13-7-3-4-9(12)8(11)5-7/h3-6H,1-2H3,(H,13,14). The second-order valence-electron chi connectivity index (χ2n) is 3.59. The van der Waals surface area contributed by atoms with E-state index in [0.717, 1.165) is 6.26 Å². The molecule has 1 aromatic rings. The van der Waals surface area contributed by atoms with Gasteiger partial charge in [-0.25, -0.2) is 12.8 Å². The zero-order valence-corrected chi connectivity index (χ0v) is 11.6. The molecule has 1 atom stereocenters. The van der Waals surface area contributed by atoms with Gasteiger partial charge < -0.3 is 5.32 Å². The fourth-order valence-corrected chi connectivity index (χ4v) is 1.84. The third-order valence-corrected chi connectivity index (χ3v) is 4.30. The maximum Gasteiger partial charge on any atom is 0.242 e. The van der Waals surface area contributed by atoms with Crippen LogP contribution in [0, 0.1) is 5.82 Å². The Bertz CT molecular complexity index is 544. The summed E-state index contributed by atoms with van der Waals surface area (Å²) < 4.78 is 35.4. The topological polar surface area (TPSA) is 63.2 Å². The molecule has 7 heteroatoms. The maximum absolute atomic E-state index is 12.9. The van der Waals surface area contributed by atoms with Crippen LogP contribution in [0.15, 0.2) is 22.7 Å². The first kappa shape index (κ1) is 14.1. The van der Waals surface area contributed by atoms with Crippen molar-refractivity contribution in [3.63, 3.8) is 0 Å². The van der Waals surface area contributed by atoms with E-state index < -0.39 is 26.8 Å². The summed E-state index contributed by atoms with van der Waals surface area (Å²) in [6.45, 7) is 1.29. The number of benzene rings is 1. The Labute approximate surface area is 107 Å². The van der Waals surface area contributed by atoms with E-state index in [9.17, 15) is 17.6 Å². The molecule has 94 valence electrons. The highest BCUT2D eigenvalue weighted by atomic mass is 79.9. The van der Waals surface area contributed by atoms with Gasteiger partial charge in [0.1, 0.15) is 11.1 Å². The van der Waals surface area contributed by atoms with Crippen molar-refractivity contribution in [2.45, 2.75) is 12.2 Å². The van der Waals surface area contributed by atoms with Crippen molar-refractivity contribution in [1.29, 1.82) is 0 Å². The molecule has 0 aliphatic rings. The van der Waals surface area contributed by atoms with Crippen LogP contribution in [0.1, 0.15) is 6.92 Å². The van der Waals surface area contributed by atoms with Crippen molar-refractivity contribution in [3.05, 3.63) is 28.5 Å². The van der Waals surface area contributed by atoms with E-state index in [1.807, 2.05) is 0 Å². The van der Waals surface area contributed by atoms with Gasteiger partial charge in [0.25, 0.3) is 0 Å². The number of hydrogen-bond donors (Lipinski definition) is 1. The lowest BCUT2D eigenvalue weighted by atomic mass is 10.3. The molecular formula is C10H11BrFNO3S. The van der Waals surface area contributed by atoms with Crippen LogP contribution in [0.3, 0.4) is 0 Å². The summed E-state index contributed by atoms with van der Waals surface area (Å²) in [5, 5.41) is 1.25. The number of halogens is 2. The average Bonchev–Trinajstić information content (AvgIpc) is 2.21. The summed E-state index contributed by atoms with van der Waals surface area (Å²) in [7, 11) is -3.44. The molecule has 0 saturated heterocycles. The van der Waals surface area contributed by atoms with E-state index in [1.54, 1.807) is 0 Å². The minimum atomic E-state index is -3.44. The highest BCUT2D eigenvalue weighted by Crippen LogP contribution is 2.20. The van der Waals surface area contributed by atoms with Crippen molar-refractivity contribution in [2.24, 2.45) is 0 Å². The molecule has 1 aromatic carbocycles. The first-order valence-electron chi connectivity index (χ1n) is 4.66. The molecule has 1 unspecified atom stereocenters. The molecule has 0 saturated carbocycles. The van der Waals surface area contributed by atoms with E-state index in [-0.39, 0.29) is 4.47 Å². The first-order chi connectivity index (χ1) is 7.71. The van der Waals surface area contributed by atoms with Gasteiger partial charge >= 0.3 is 0 Å². The summed E-state index contributed by atoms with van der Waals surface area (Å²) in [5.41, 5.74) is 0.332. The molecule has 0 aliphatic heterocycles. The molecule has 0 aromatic heterocycles. The monoisotopic (exact) mass is 323 g/mol. The Hall–Kier alpha value is -0.950. The lowest BCUT2D eigenvalue weighted by Gasteiger charge is -2.10. The lowest BCUT2D eigenvalue weighted by Crippen LogP contribution is -2.31. The van der Waals surface area contributed by atoms with Crippen LogP contribution in [0.4, 0.5) is 10.1 Å². The number of anilines is 1. The third kappa shape index (κ3) is 3.78. The van der Waals surface area contributed by atoms with Crippen molar-refractivity contribution < 1.29 is 17.6 Å². The van der Waals surface area contributed by atoms with Gasteiger partial charge in [-0.3, -0.25) is 4.79 Å². The lowest BCUT2D eigenvalue weighted by molar-refractivity contribution is -0.115. The molecule has 17 heavy (non-hydrogen) atoms. The van der Waals surface area contributed by atoms with E-state index >= 15 is 0 Å². The van der Waals surface area contributed by atoms with E-state index in [0.29, 0.717) is 5.69 Å². The van der Waals surface area contributed by atoms with Crippen LogP contribution in [-0.2, 0) is 14.6 Å². The Morgan fingerprint density at radius 1 is 1.47 bits per heavy atom. The number of hydrogen-bond acceptors (Lipinski definition) is 3. The summed E-state index contributed by atoms with van der Waals surface area (Å²) in [6, 6.07) is 3.89. The number of carbonyl (C=O) groups excluding carboxylic acids is 1. The largest absolute Gasteiger partial charge is 0.325 e. The number of amides is 1. The summed E-state index contributed by atoms with van der Waals surface area (Å²) in [4.78, 5) is 11.6. The highest BCUT2D eigenvalue weighted by Gasteiger charge is 2.23. The normalized spacial score (nSPS) is 13.2. The summed E-state index contributed by atoms with van der Waals surface area (Å²) in [6.07, 6.45) is 0.984. The minimum absolute atomic E-state index is 0.197. The van der Waals surface area contributed by atoms with Gasteiger partial charge in [0.2, 0.25) is 5.91 Å². The number of nitrogens with one attached hydrogen (secondary N) is 1. The van der Waals surface area contributed by atoms with Crippen molar-refractivity contribution in [1.82, 2.24) is 0 Å². The van der Waals surface area contributed by atoms with Gasteiger partial charge in [0, 0.05) is 11.9 Å². The van der Waals surface area contributed by atoms with Crippen LogP contribution in [0.2, 0.25) is 0 Å². The zero-order valence-electron chi connectivity index (χ0n) is 9.20. The molecule has 0 spiro atoms. The molecule has 0 fully saturated rings. The Balaban J connectivity index is 2.85. The third-order valence-electron chi connectivity index (χ3n) is 2.20. The average molecular weight is 324 g/mol.